The molecule has 0 saturated heterocycles. The van der Waals surface area contributed by atoms with Crippen molar-refractivity contribution >= 4 is 8.32 Å². The smallest absolute Gasteiger partial charge is 0.192 e. The second-order valence-corrected chi connectivity index (χ2v) is 16.9. The molecule has 0 aliphatic rings. The molecule has 1 aromatic rings. The first kappa shape index (κ1) is 29.3. The first-order valence-corrected chi connectivity index (χ1v) is 15.6. The first-order chi connectivity index (χ1) is 14.7. The van der Waals surface area contributed by atoms with Gasteiger partial charge in [-0.05, 0) is 66.6 Å². The van der Waals surface area contributed by atoms with Gasteiger partial charge >= 0.3 is 0 Å². The second kappa shape index (κ2) is 13.3. The van der Waals surface area contributed by atoms with Crippen LogP contribution in [0.4, 0.5) is 0 Å². The van der Waals surface area contributed by atoms with Crippen molar-refractivity contribution in [3.63, 3.8) is 0 Å². The van der Waals surface area contributed by atoms with E-state index in [1.165, 1.54) is 5.56 Å². The molecular formula is C28H52O3Si. The van der Waals surface area contributed by atoms with Crippen LogP contribution in [-0.2, 0) is 15.8 Å². The molecule has 0 aliphatic carbocycles. The molecule has 5 atom stereocenters. The average molecular weight is 465 g/mol. The number of aliphatic hydroxyl groups excluding tert-OH is 1. The second-order valence-electron chi connectivity index (χ2n) is 12.1. The van der Waals surface area contributed by atoms with E-state index in [-0.39, 0.29) is 23.2 Å². The van der Waals surface area contributed by atoms with E-state index in [2.05, 4.69) is 92.7 Å². The van der Waals surface area contributed by atoms with Crippen LogP contribution in [0.2, 0.25) is 18.1 Å². The fourth-order valence-electron chi connectivity index (χ4n) is 4.05. The van der Waals surface area contributed by atoms with Gasteiger partial charge < -0.3 is 14.3 Å². The maximum Gasteiger partial charge on any atom is 0.192 e. The Bertz CT molecular complexity index is 623. The lowest BCUT2D eigenvalue weighted by atomic mass is 9.85. The third-order valence-electron chi connectivity index (χ3n) is 7.22. The molecule has 0 amide bonds. The molecule has 1 N–H and O–H groups in total. The molecule has 0 heterocycles. The molecule has 1 rings (SSSR count). The predicted octanol–water partition coefficient (Wildman–Crippen LogP) is 7.69. The fraction of sp³-hybridized carbons (Fsp3) is 0.786. The van der Waals surface area contributed by atoms with E-state index in [4.69, 9.17) is 9.16 Å². The van der Waals surface area contributed by atoms with Crippen molar-refractivity contribution in [3.8, 4) is 0 Å². The van der Waals surface area contributed by atoms with Crippen molar-refractivity contribution in [1.29, 1.82) is 0 Å². The maximum absolute atomic E-state index is 10.6. The first-order valence-electron chi connectivity index (χ1n) is 12.7. The number of hydrogen-bond donors (Lipinski definition) is 1. The van der Waals surface area contributed by atoms with Gasteiger partial charge in [0.25, 0.3) is 0 Å². The predicted molar refractivity (Wildman–Crippen MR) is 140 cm³/mol. The minimum absolute atomic E-state index is 0.111. The highest BCUT2D eigenvalue weighted by Crippen LogP contribution is 2.39. The summed E-state index contributed by atoms with van der Waals surface area (Å²) in [6.45, 7) is 24.2. The Kier molecular flexibility index (Phi) is 12.2. The Hall–Kier alpha value is -0.683. The summed E-state index contributed by atoms with van der Waals surface area (Å²) in [6.07, 6.45) is 2.80. The van der Waals surface area contributed by atoms with Gasteiger partial charge in [0.1, 0.15) is 0 Å². The van der Waals surface area contributed by atoms with Crippen molar-refractivity contribution in [2.75, 3.05) is 6.61 Å². The van der Waals surface area contributed by atoms with Crippen molar-refractivity contribution in [1.82, 2.24) is 0 Å². The largest absolute Gasteiger partial charge is 0.414 e. The van der Waals surface area contributed by atoms with E-state index < -0.39 is 8.32 Å². The summed E-state index contributed by atoms with van der Waals surface area (Å²) in [4.78, 5) is 0. The van der Waals surface area contributed by atoms with Gasteiger partial charge in [-0.3, -0.25) is 0 Å². The van der Waals surface area contributed by atoms with E-state index in [0.717, 1.165) is 25.9 Å². The molecule has 0 radical (unpaired) electrons. The van der Waals surface area contributed by atoms with Crippen molar-refractivity contribution in [3.05, 3.63) is 35.9 Å². The van der Waals surface area contributed by atoms with Gasteiger partial charge in [0.05, 0.1) is 18.8 Å². The lowest BCUT2D eigenvalue weighted by Gasteiger charge is -2.42. The van der Waals surface area contributed by atoms with Crippen LogP contribution in [0.25, 0.3) is 0 Å². The highest BCUT2D eigenvalue weighted by molar-refractivity contribution is 6.74. The summed E-state index contributed by atoms with van der Waals surface area (Å²) >= 11 is 0. The molecule has 1 aromatic carbocycles. The molecule has 0 fully saturated rings. The van der Waals surface area contributed by atoms with Crippen molar-refractivity contribution in [2.24, 2.45) is 23.7 Å². The fourth-order valence-corrected chi connectivity index (χ4v) is 5.49. The summed E-state index contributed by atoms with van der Waals surface area (Å²) in [5.41, 5.74) is 1.23. The number of aliphatic hydroxyl groups is 1. The zero-order chi connectivity index (χ0) is 24.5. The molecule has 0 aliphatic heterocycles. The van der Waals surface area contributed by atoms with E-state index in [1.54, 1.807) is 0 Å². The Morgan fingerprint density at radius 2 is 1.47 bits per heavy atom. The lowest BCUT2D eigenvalue weighted by molar-refractivity contribution is 0.0277. The lowest BCUT2D eigenvalue weighted by Crippen LogP contribution is -2.46. The molecule has 186 valence electrons. The third-order valence-corrected chi connectivity index (χ3v) is 11.7. The Morgan fingerprint density at radius 1 is 0.875 bits per heavy atom. The van der Waals surface area contributed by atoms with Crippen LogP contribution in [-0.4, -0.2) is 32.2 Å². The molecule has 3 nitrogen and oxygen atoms in total. The van der Waals surface area contributed by atoms with Crippen LogP contribution in [0.3, 0.4) is 0 Å². The van der Waals surface area contributed by atoms with Crippen LogP contribution >= 0.6 is 0 Å². The van der Waals surface area contributed by atoms with Gasteiger partial charge in [0.15, 0.2) is 8.32 Å². The molecule has 32 heavy (non-hydrogen) atoms. The van der Waals surface area contributed by atoms with Gasteiger partial charge in [-0.2, -0.15) is 0 Å². The Balaban J connectivity index is 2.62. The minimum atomic E-state index is -1.90. The number of hydrogen-bond acceptors (Lipinski definition) is 3. The summed E-state index contributed by atoms with van der Waals surface area (Å²) in [5, 5.41) is 10.8. The molecule has 4 heteroatoms. The standard InChI is InChI=1S/C28H52O3Si/c1-21(2)26(29)18-27(31-32(9,10)28(6,7)8)24(5)17-22(3)16-23(4)19-30-20-25-14-12-11-13-15-25/h11-15,21-24,26-27,29H,16-20H2,1-10H3/t22-,23+,24-,26+,27+/m1/s1. The minimum Gasteiger partial charge on any atom is -0.414 e. The van der Waals surface area contributed by atoms with Crippen molar-refractivity contribution in [2.45, 2.75) is 112 Å². The van der Waals surface area contributed by atoms with Crippen LogP contribution in [0, 0.1) is 23.7 Å². The quantitative estimate of drug-likeness (QED) is 0.287. The monoisotopic (exact) mass is 464 g/mol. The molecular weight excluding hydrogens is 412 g/mol. The van der Waals surface area contributed by atoms with Crippen molar-refractivity contribution < 1.29 is 14.3 Å². The molecule has 0 aromatic heterocycles. The van der Waals surface area contributed by atoms with Crippen LogP contribution in [0.15, 0.2) is 30.3 Å². The third kappa shape index (κ3) is 10.5. The van der Waals surface area contributed by atoms with Gasteiger partial charge in [0.2, 0.25) is 0 Å². The Morgan fingerprint density at radius 3 is 2.00 bits per heavy atom. The van der Waals surface area contributed by atoms with E-state index in [0.29, 0.717) is 24.4 Å². The van der Waals surface area contributed by atoms with E-state index in [9.17, 15) is 5.11 Å². The number of rotatable bonds is 14. The van der Waals surface area contributed by atoms with E-state index in [1.807, 2.05) is 6.07 Å². The highest BCUT2D eigenvalue weighted by atomic mass is 28.4. The van der Waals surface area contributed by atoms with Crippen LogP contribution < -0.4 is 0 Å². The van der Waals surface area contributed by atoms with Gasteiger partial charge in [-0.25, -0.2) is 0 Å². The molecule has 0 saturated carbocycles. The Labute approximate surface area is 200 Å². The SMILES string of the molecule is CC(C)[C@@H](O)C[C@H](O[Si](C)(C)C(C)(C)C)[C@H](C)C[C@H](C)C[C@H](C)COCc1ccccc1. The van der Waals surface area contributed by atoms with Gasteiger partial charge in [0, 0.05) is 6.61 Å². The van der Waals surface area contributed by atoms with E-state index >= 15 is 0 Å². The van der Waals surface area contributed by atoms with Gasteiger partial charge in [-0.15, -0.1) is 0 Å². The summed E-state index contributed by atoms with van der Waals surface area (Å²) < 4.78 is 12.8. The normalized spacial score (nSPS) is 17.8. The van der Waals surface area contributed by atoms with Crippen LogP contribution in [0.5, 0.6) is 0 Å². The topological polar surface area (TPSA) is 38.7 Å². The molecule has 0 bridgehead atoms. The van der Waals surface area contributed by atoms with Gasteiger partial charge in [-0.1, -0.05) is 85.7 Å². The van der Waals surface area contributed by atoms with Crippen LogP contribution in [0.1, 0.15) is 80.2 Å². The molecule has 0 spiro atoms. The maximum atomic E-state index is 10.6. The summed E-state index contributed by atoms with van der Waals surface area (Å²) in [5.74, 6) is 1.81. The summed E-state index contributed by atoms with van der Waals surface area (Å²) in [6, 6.07) is 10.4. The average Bonchev–Trinajstić information content (AvgIpc) is 2.66. The summed E-state index contributed by atoms with van der Waals surface area (Å²) in [7, 11) is -1.90. The zero-order valence-electron chi connectivity index (χ0n) is 22.7. The number of ether oxygens (including phenoxy) is 1. The number of benzene rings is 1. The molecule has 0 unspecified atom stereocenters. The highest BCUT2D eigenvalue weighted by Gasteiger charge is 2.40. The zero-order valence-corrected chi connectivity index (χ0v) is 23.7.